The highest BCUT2D eigenvalue weighted by Crippen LogP contribution is 2.44. The van der Waals surface area contributed by atoms with Gasteiger partial charge in [-0.15, -0.1) is 0 Å². The molecule has 142 valence electrons. The van der Waals surface area contributed by atoms with Crippen molar-refractivity contribution in [1.29, 1.82) is 0 Å². The average molecular weight is 384 g/mol. The topological polar surface area (TPSA) is 44.7 Å². The van der Waals surface area contributed by atoms with Gasteiger partial charge in [-0.05, 0) is 62.9 Å². The lowest BCUT2D eigenvalue weighted by Crippen LogP contribution is -2.45. The van der Waals surface area contributed by atoms with Gasteiger partial charge in [0.15, 0.2) is 0 Å². The number of aryl methyl sites for hydroxylation is 1. The van der Waals surface area contributed by atoms with Crippen LogP contribution in [-0.2, 0) is 0 Å². The molecule has 5 heteroatoms. The Labute approximate surface area is 166 Å². The first-order valence-electron chi connectivity index (χ1n) is 9.16. The minimum absolute atomic E-state index is 0.0906. The molecule has 3 rings (SSSR count). The van der Waals surface area contributed by atoms with E-state index in [1.807, 2.05) is 25.1 Å². The van der Waals surface area contributed by atoms with Crippen molar-refractivity contribution in [2.75, 3.05) is 11.9 Å². The van der Waals surface area contributed by atoms with Crippen molar-refractivity contribution in [2.45, 2.75) is 45.6 Å². The lowest BCUT2D eigenvalue weighted by molar-refractivity contribution is 0.0955. The molecule has 0 fully saturated rings. The van der Waals surface area contributed by atoms with E-state index in [0.717, 1.165) is 23.2 Å². The van der Waals surface area contributed by atoms with E-state index < -0.39 is 0 Å². The maximum absolute atomic E-state index is 12.2. The van der Waals surface area contributed by atoms with Crippen LogP contribution in [-0.4, -0.2) is 24.7 Å². The number of hydrazone groups is 1. The van der Waals surface area contributed by atoms with Gasteiger partial charge in [0.25, 0.3) is 5.91 Å². The van der Waals surface area contributed by atoms with Gasteiger partial charge in [0.1, 0.15) is 0 Å². The predicted molar refractivity (Wildman–Crippen MR) is 113 cm³/mol. The number of benzene rings is 2. The van der Waals surface area contributed by atoms with Gasteiger partial charge in [0, 0.05) is 29.4 Å². The molecule has 27 heavy (non-hydrogen) atoms. The van der Waals surface area contributed by atoms with E-state index >= 15 is 0 Å². The SMILES string of the molecule is Cc1ccc(C(=O)N/N=C\c2cc3c(cc2Cl)N(C)C(C)(C)C[C@H]3C)cc1. The Bertz CT molecular complexity index is 887. The molecule has 1 amide bonds. The van der Waals surface area contributed by atoms with Gasteiger partial charge < -0.3 is 4.90 Å². The number of carbonyl (C=O) groups is 1. The van der Waals surface area contributed by atoms with Crippen molar-refractivity contribution < 1.29 is 4.79 Å². The summed E-state index contributed by atoms with van der Waals surface area (Å²) in [7, 11) is 2.11. The van der Waals surface area contributed by atoms with E-state index in [-0.39, 0.29) is 11.4 Å². The molecule has 1 atom stereocenters. The summed E-state index contributed by atoms with van der Waals surface area (Å²) in [6.07, 6.45) is 2.68. The second-order valence-electron chi connectivity index (χ2n) is 7.97. The number of halogens is 1. The van der Waals surface area contributed by atoms with E-state index in [1.54, 1.807) is 18.3 Å². The predicted octanol–water partition coefficient (Wildman–Crippen LogP) is 5.13. The van der Waals surface area contributed by atoms with Gasteiger partial charge in [-0.1, -0.05) is 36.2 Å². The Morgan fingerprint density at radius 1 is 1.30 bits per heavy atom. The Morgan fingerprint density at radius 3 is 2.63 bits per heavy atom. The van der Waals surface area contributed by atoms with Crippen molar-refractivity contribution in [1.82, 2.24) is 5.43 Å². The molecule has 1 N–H and O–H groups in total. The van der Waals surface area contributed by atoms with Crippen LogP contribution in [0.4, 0.5) is 5.69 Å². The quantitative estimate of drug-likeness (QED) is 0.589. The highest BCUT2D eigenvalue weighted by molar-refractivity contribution is 6.33. The van der Waals surface area contributed by atoms with Crippen LogP contribution in [0.25, 0.3) is 0 Å². The van der Waals surface area contributed by atoms with Gasteiger partial charge in [-0.3, -0.25) is 4.79 Å². The zero-order valence-corrected chi connectivity index (χ0v) is 17.3. The number of hydrogen-bond donors (Lipinski definition) is 1. The molecule has 0 aromatic heterocycles. The molecule has 0 saturated heterocycles. The largest absolute Gasteiger partial charge is 0.369 e. The zero-order valence-electron chi connectivity index (χ0n) is 16.5. The van der Waals surface area contributed by atoms with Gasteiger partial charge in [-0.25, -0.2) is 5.43 Å². The van der Waals surface area contributed by atoms with Gasteiger partial charge in [0.2, 0.25) is 0 Å². The van der Waals surface area contributed by atoms with Crippen LogP contribution >= 0.6 is 11.6 Å². The smallest absolute Gasteiger partial charge is 0.271 e. The van der Waals surface area contributed by atoms with E-state index in [1.165, 1.54) is 5.56 Å². The maximum Gasteiger partial charge on any atom is 0.271 e. The summed E-state index contributed by atoms with van der Waals surface area (Å²) in [6, 6.07) is 11.4. The lowest BCUT2D eigenvalue weighted by Gasteiger charge is -2.45. The molecule has 0 radical (unpaired) electrons. The molecule has 0 bridgehead atoms. The van der Waals surface area contributed by atoms with Crippen LogP contribution in [0.2, 0.25) is 5.02 Å². The summed E-state index contributed by atoms with van der Waals surface area (Å²) in [5.74, 6) is 0.188. The molecule has 2 aromatic rings. The van der Waals surface area contributed by atoms with Gasteiger partial charge >= 0.3 is 0 Å². The summed E-state index contributed by atoms with van der Waals surface area (Å²) < 4.78 is 0. The molecule has 0 unspecified atom stereocenters. The third kappa shape index (κ3) is 4.01. The van der Waals surface area contributed by atoms with Crippen molar-refractivity contribution in [2.24, 2.45) is 5.10 Å². The minimum Gasteiger partial charge on any atom is -0.369 e. The van der Waals surface area contributed by atoms with E-state index in [4.69, 9.17) is 11.6 Å². The number of anilines is 1. The highest BCUT2D eigenvalue weighted by atomic mass is 35.5. The third-order valence-electron chi connectivity index (χ3n) is 5.44. The summed E-state index contributed by atoms with van der Waals surface area (Å²) in [5, 5.41) is 4.72. The standard InChI is InChI=1S/C22H26ClN3O/c1-14-6-8-16(9-7-14)21(27)25-24-13-17-10-18-15(2)12-22(3,4)26(5)20(18)11-19(17)23/h6-11,13,15H,12H2,1-5H3,(H,25,27)/b24-13-/t15-/m1/s1. The molecule has 1 aliphatic heterocycles. The third-order valence-corrected chi connectivity index (χ3v) is 5.76. The van der Waals surface area contributed by atoms with E-state index in [0.29, 0.717) is 16.5 Å². The Kier molecular flexibility index (Phi) is 5.29. The molecule has 0 saturated carbocycles. The summed E-state index contributed by atoms with van der Waals surface area (Å²) in [4.78, 5) is 14.5. The second-order valence-corrected chi connectivity index (χ2v) is 8.38. The lowest BCUT2D eigenvalue weighted by atomic mass is 9.80. The van der Waals surface area contributed by atoms with Gasteiger partial charge in [0.05, 0.1) is 11.2 Å². The van der Waals surface area contributed by atoms with Crippen LogP contribution < -0.4 is 10.3 Å². The first kappa shape index (κ1) is 19.4. The molecule has 0 aliphatic carbocycles. The number of nitrogens with zero attached hydrogens (tertiary/aromatic N) is 2. The second kappa shape index (κ2) is 7.35. The fourth-order valence-corrected chi connectivity index (χ4v) is 3.84. The zero-order chi connectivity index (χ0) is 19.8. The van der Waals surface area contributed by atoms with Crippen LogP contribution in [0.3, 0.4) is 0 Å². The Morgan fingerprint density at radius 2 is 1.96 bits per heavy atom. The summed E-state index contributed by atoms with van der Waals surface area (Å²) >= 11 is 6.49. The first-order chi connectivity index (χ1) is 12.7. The highest BCUT2D eigenvalue weighted by Gasteiger charge is 2.34. The van der Waals surface area contributed by atoms with Crippen molar-refractivity contribution >= 4 is 29.4 Å². The fourth-order valence-electron chi connectivity index (χ4n) is 3.63. The van der Waals surface area contributed by atoms with Crippen molar-refractivity contribution in [3.05, 3.63) is 63.7 Å². The minimum atomic E-state index is -0.241. The monoisotopic (exact) mass is 383 g/mol. The first-order valence-corrected chi connectivity index (χ1v) is 9.54. The number of hydrogen-bond acceptors (Lipinski definition) is 3. The normalized spacial score (nSPS) is 18.4. The molecule has 1 heterocycles. The summed E-state index contributed by atoms with van der Waals surface area (Å²) in [6.45, 7) is 8.71. The fraction of sp³-hybridized carbons (Fsp3) is 0.364. The number of rotatable bonds is 3. The number of amides is 1. The van der Waals surface area contributed by atoms with E-state index in [9.17, 15) is 4.79 Å². The number of fused-ring (bicyclic) bond motifs is 1. The van der Waals surface area contributed by atoms with Crippen LogP contribution in [0, 0.1) is 6.92 Å². The Hall–Kier alpha value is -2.33. The molecule has 0 spiro atoms. The van der Waals surface area contributed by atoms with E-state index in [2.05, 4.69) is 49.3 Å². The molecular formula is C22H26ClN3O. The molecular weight excluding hydrogens is 358 g/mol. The molecule has 4 nitrogen and oxygen atoms in total. The number of nitrogens with one attached hydrogen (secondary N) is 1. The van der Waals surface area contributed by atoms with Gasteiger partial charge in [-0.2, -0.15) is 5.10 Å². The Balaban J connectivity index is 1.80. The summed E-state index contributed by atoms with van der Waals surface area (Å²) in [5.41, 5.74) is 7.56. The van der Waals surface area contributed by atoms with Crippen LogP contribution in [0.5, 0.6) is 0 Å². The van der Waals surface area contributed by atoms with Crippen molar-refractivity contribution in [3.8, 4) is 0 Å². The molecule has 1 aliphatic rings. The van der Waals surface area contributed by atoms with Crippen LogP contribution in [0.15, 0.2) is 41.5 Å². The maximum atomic E-state index is 12.2. The average Bonchev–Trinajstić information content (AvgIpc) is 2.61. The van der Waals surface area contributed by atoms with Crippen molar-refractivity contribution in [3.63, 3.8) is 0 Å². The molecule has 2 aromatic carbocycles. The van der Waals surface area contributed by atoms with Crippen LogP contribution in [0.1, 0.15) is 60.2 Å². The number of carbonyl (C=O) groups excluding carboxylic acids is 1.